The van der Waals surface area contributed by atoms with E-state index >= 15 is 0 Å². The Labute approximate surface area is 332 Å². The number of nitrogens with zero attached hydrogens (tertiary/aromatic N) is 2. The third-order valence-electron chi connectivity index (χ3n) is 10.1. The molecule has 0 aromatic rings. The molecule has 0 bridgehead atoms. The van der Waals surface area contributed by atoms with Crippen LogP contribution in [0.15, 0.2) is 48.6 Å². The number of hydrogen-bond acceptors (Lipinski definition) is 5. The number of likely N-dealkylation sites (tertiary alicyclic amines) is 1. The summed E-state index contributed by atoms with van der Waals surface area (Å²) >= 11 is 0. The molecule has 2 unspecified atom stereocenters. The fourth-order valence-electron chi connectivity index (χ4n) is 6.64. The second-order valence-corrected chi connectivity index (χ2v) is 16.4. The predicted octanol–water partition coefficient (Wildman–Crippen LogP) is 11.8. The Kier molecular flexibility index (Phi) is 30.8. The summed E-state index contributed by atoms with van der Waals surface area (Å²) in [4.78, 5) is 40.8. The average molecular weight is 756 g/mol. The van der Waals surface area contributed by atoms with Gasteiger partial charge in [0.05, 0.1) is 47.3 Å². The maximum Gasteiger partial charge on any atom is 0.329 e. The minimum atomic E-state index is -0.684. The number of unbranched alkanes of at least 4 members (excludes halogenated alkanes) is 17. The highest BCUT2D eigenvalue weighted by Crippen LogP contribution is 2.24. The zero-order chi connectivity index (χ0) is 39.5. The first-order valence-corrected chi connectivity index (χ1v) is 22.2. The molecule has 1 aliphatic heterocycles. The smallest absolute Gasteiger partial charge is 0.329 e. The van der Waals surface area contributed by atoms with Crippen molar-refractivity contribution >= 4 is 17.8 Å². The molecule has 0 aliphatic carbocycles. The Morgan fingerprint density at radius 1 is 0.593 bits per heavy atom. The summed E-state index contributed by atoms with van der Waals surface area (Å²) in [5.41, 5.74) is 0. The van der Waals surface area contributed by atoms with Gasteiger partial charge in [-0.3, -0.25) is 9.59 Å². The maximum absolute atomic E-state index is 13.4. The van der Waals surface area contributed by atoms with Crippen LogP contribution in [0.3, 0.4) is 0 Å². The van der Waals surface area contributed by atoms with E-state index in [1.54, 1.807) is 4.90 Å². The molecule has 7 heteroatoms. The minimum absolute atomic E-state index is 0.0405. The van der Waals surface area contributed by atoms with Crippen LogP contribution in [-0.4, -0.2) is 80.2 Å². The molecule has 0 aromatic carbocycles. The van der Waals surface area contributed by atoms with Crippen LogP contribution in [0.1, 0.15) is 181 Å². The maximum atomic E-state index is 13.4. The Bertz CT molecular complexity index is 1070. The highest BCUT2D eigenvalue weighted by molar-refractivity contribution is 5.85. The Morgan fingerprint density at radius 3 is 1.56 bits per heavy atom. The summed E-state index contributed by atoms with van der Waals surface area (Å²) in [5, 5.41) is 0. The van der Waals surface area contributed by atoms with E-state index in [1.165, 1.54) is 77.0 Å². The van der Waals surface area contributed by atoms with Crippen LogP contribution in [0.25, 0.3) is 0 Å². The molecule has 1 saturated heterocycles. The molecule has 0 saturated carbocycles. The van der Waals surface area contributed by atoms with E-state index in [0.717, 1.165) is 70.6 Å². The summed E-state index contributed by atoms with van der Waals surface area (Å²) < 4.78 is 12.1. The fourth-order valence-corrected chi connectivity index (χ4v) is 6.64. The predicted molar refractivity (Wildman–Crippen MR) is 227 cm³/mol. The van der Waals surface area contributed by atoms with E-state index in [-0.39, 0.29) is 24.4 Å². The summed E-state index contributed by atoms with van der Waals surface area (Å²) in [6.45, 7) is 5.78. The topological polar surface area (TPSA) is 72.9 Å². The van der Waals surface area contributed by atoms with Crippen molar-refractivity contribution in [1.82, 2.24) is 4.90 Å². The van der Waals surface area contributed by atoms with Crippen LogP contribution >= 0.6 is 0 Å². The standard InChI is InChI=1S/C47H83N2O5/c1-6-8-10-12-14-16-18-20-22-24-26-28-30-32-34-36-40-53-47(52)44-41-43(54-46(51)38-39-49(3,4)5)42-48(44)45(50)37-35-33-31-29-27-25-23-21-19-17-15-13-11-9-7-2/h14-17,20-23,43-44H,6-13,18-19,24-42H2,1-5H3/q+1/b16-14-,17-15-,22-20-,23-21-. The van der Waals surface area contributed by atoms with Gasteiger partial charge in [0.1, 0.15) is 12.1 Å². The van der Waals surface area contributed by atoms with Crippen LogP contribution < -0.4 is 0 Å². The molecule has 1 aliphatic rings. The summed E-state index contributed by atoms with van der Waals surface area (Å²) in [7, 11) is 6.12. The van der Waals surface area contributed by atoms with Gasteiger partial charge in [-0.2, -0.15) is 0 Å². The van der Waals surface area contributed by atoms with Crippen LogP contribution in [0.4, 0.5) is 0 Å². The normalized spacial score (nSPS) is 16.5. The van der Waals surface area contributed by atoms with Crippen molar-refractivity contribution in [1.29, 1.82) is 0 Å². The molecule has 0 spiro atoms. The molecular weight excluding hydrogens is 673 g/mol. The Morgan fingerprint density at radius 2 is 1.06 bits per heavy atom. The van der Waals surface area contributed by atoms with E-state index in [4.69, 9.17) is 9.47 Å². The van der Waals surface area contributed by atoms with Crippen molar-refractivity contribution in [2.24, 2.45) is 0 Å². The SMILES string of the molecule is CCCCC/C=C\C/C=C\CCCCCCCCOC(=O)C1CC(OC(=O)CC[N+](C)(C)C)CN1C(=O)CCCCCCC/C=C\C/C=C\CCCCC. The lowest BCUT2D eigenvalue weighted by atomic mass is 10.1. The number of hydrogen-bond donors (Lipinski definition) is 0. The van der Waals surface area contributed by atoms with Gasteiger partial charge >= 0.3 is 11.9 Å². The van der Waals surface area contributed by atoms with E-state index in [1.807, 2.05) is 21.1 Å². The fraction of sp³-hybridized carbons (Fsp3) is 0.766. The molecule has 54 heavy (non-hydrogen) atoms. The highest BCUT2D eigenvalue weighted by Gasteiger charge is 2.42. The van der Waals surface area contributed by atoms with Crippen LogP contribution in [-0.2, 0) is 23.9 Å². The van der Waals surface area contributed by atoms with Crippen molar-refractivity contribution in [3.8, 4) is 0 Å². The van der Waals surface area contributed by atoms with Crippen molar-refractivity contribution in [3.63, 3.8) is 0 Å². The van der Waals surface area contributed by atoms with Crippen LogP contribution in [0.2, 0.25) is 0 Å². The van der Waals surface area contributed by atoms with E-state index in [2.05, 4.69) is 62.5 Å². The van der Waals surface area contributed by atoms with Gasteiger partial charge in [0.25, 0.3) is 0 Å². The molecule has 1 amide bonds. The number of amides is 1. The van der Waals surface area contributed by atoms with Gasteiger partial charge in [0.2, 0.25) is 5.91 Å². The number of carbonyl (C=O) groups excluding carboxylic acids is 3. The minimum Gasteiger partial charge on any atom is -0.464 e. The van der Waals surface area contributed by atoms with E-state index < -0.39 is 12.1 Å². The van der Waals surface area contributed by atoms with Gasteiger partial charge in [0, 0.05) is 12.8 Å². The highest BCUT2D eigenvalue weighted by atomic mass is 16.5. The Balaban J connectivity index is 2.36. The number of esters is 2. The van der Waals surface area contributed by atoms with Crippen molar-refractivity contribution in [2.45, 2.75) is 193 Å². The second kappa shape index (κ2) is 33.6. The summed E-state index contributed by atoms with van der Waals surface area (Å²) in [6, 6.07) is -0.684. The molecule has 0 aromatic heterocycles. The first-order valence-electron chi connectivity index (χ1n) is 22.2. The van der Waals surface area contributed by atoms with Crippen molar-refractivity contribution in [3.05, 3.63) is 48.6 Å². The molecule has 7 nitrogen and oxygen atoms in total. The van der Waals surface area contributed by atoms with Gasteiger partial charge in [-0.1, -0.05) is 133 Å². The molecule has 1 fully saturated rings. The van der Waals surface area contributed by atoms with E-state index in [0.29, 0.717) is 36.9 Å². The quantitative estimate of drug-likeness (QED) is 0.0283. The molecule has 0 N–H and O–H groups in total. The number of ether oxygens (including phenoxy) is 2. The molecule has 1 rings (SSSR count). The van der Waals surface area contributed by atoms with Gasteiger partial charge in [-0.25, -0.2) is 4.79 Å². The lowest BCUT2D eigenvalue weighted by molar-refractivity contribution is -0.869. The molecule has 0 radical (unpaired) electrons. The largest absolute Gasteiger partial charge is 0.464 e. The number of rotatable bonds is 34. The first kappa shape index (κ1) is 49.3. The lowest BCUT2D eigenvalue weighted by Gasteiger charge is -2.23. The van der Waals surface area contributed by atoms with E-state index in [9.17, 15) is 14.4 Å². The number of allylic oxidation sites excluding steroid dienone is 8. The molecule has 2 atom stereocenters. The monoisotopic (exact) mass is 756 g/mol. The summed E-state index contributed by atoms with van der Waals surface area (Å²) in [5.74, 6) is -0.679. The number of quaternary nitrogens is 1. The second-order valence-electron chi connectivity index (χ2n) is 16.4. The number of carbonyl (C=O) groups is 3. The third kappa shape index (κ3) is 28.7. The van der Waals surface area contributed by atoms with Gasteiger partial charge < -0.3 is 18.9 Å². The first-order chi connectivity index (χ1) is 26.2. The third-order valence-corrected chi connectivity index (χ3v) is 10.1. The molecule has 310 valence electrons. The zero-order valence-corrected chi connectivity index (χ0v) is 35.7. The average Bonchev–Trinajstić information content (AvgIpc) is 3.57. The Hall–Kier alpha value is -2.67. The van der Waals surface area contributed by atoms with Gasteiger partial charge in [-0.15, -0.1) is 0 Å². The molecule has 1 heterocycles. The van der Waals surface area contributed by atoms with Gasteiger partial charge in [-0.05, 0) is 77.0 Å². The van der Waals surface area contributed by atoms with Crippen LogP contribution in [0.5, 0.6) is 0 Å². The molecular formula is C47H83N2O5+. The van der Waals surface area contributed by atoms with Crippen LogP contribution in [0, 0.1) is 0 Å². The van der Waals surface area contributed by atoms with Crippen molar-refractivity contribution in [2.75, 3.05) is 40.8 Å². The lowest BCUT2D eigenvalue weighted by Crippen LogP contribution is -2.41. The zero-order valence-electron chi connectivity index (χ0n) is 35.7. The van der Waals surface area contributed by atoms with Crippen molar-refractivity contribution < 1.29 is 28.3 Å². The summed E-state index contributed by atoms with van der Waals surface area (Å²) in [6.07, 6.45) is 45.1. The van der Waals surface area contributed by atoms with Gasteiger partial charge in [0.15, 0.2) is 0 Å².